The summed E-state index contributed by atoms with van der Waals surface area (Å²) in [4.78, 5) is 12.1. The Kier molecular flexibility index (Phi) is 6.74. The number of amides is 2. The van der Waals surface area contributed by atoms with Gasteiger partial charge in [0.25, 0.3) is 0 Å². The van der Waals surface area contributed by atoms with Crippen molar-refractivity contribution >= 4 is 28.6 Å². The lowest BCUT2D eigenvalue weighted by molar-refractivity contribution is 0.229. The minimum absolute atomic E-state index is 0.0150. The van der Waals surface area contributed by atoms with E-state index in [1.165, 1.54) is 10.8 Å². The first-order valence-electron chi connectivity index (χ1n) is 7.79. The highest BCUT2D eigenvalue weighted by atomic mass is 32.2. The second kappa shape index (κ2) is 8.79. The topological polar surface area (TPSA) is 61.4 Å². The van der Waals surface area contributed by atoms with Crippen molar-refractivity contribution in [1.29, 1.82) is 0 Å². The van der Waals surface area contributed by atoms with Crippen molar-refractivity contribution in [3.8, 4) is 0 Å². The molecule has 2 aromatic carbocycles. The lowest BCUT2D eigenvalue weighted by Gasteiger charge is -2.20. The Labute approximate surface area is 141 Å². The molecule has 4 nitrogen and oxygen atoms in total. The highest BCUT2D eigenvalue weighted by Crippen LogP contribution is 2.20. The number of fused-ring (bicyclic) bond motifs is 1. The number of urea groups is 1. The molecule has 2 amide bonds. The van der Waals surface area contributed by atoms with Crippen LogP contribution in [0.15, 0.2) is 42.5 Å². The molecule has 0 saturated heterocycles. The van der Waals surface area contributed by atoms with Crippen molar-refractivity contribution < 1.29 is 9.90 Å². The van der Waals surface area contributed by atoms with Crippen LogP contribution in [0.25, 0.3) is 10.8 Å². The van der Waals surface area contributed by atoms with Crippen LogP contribution in [0.4, 0.5) is 4.79 Å². The van der Waals surface area contributed by atoms with Crippen LogP contribution in [0.1, 0.15) is 24.9 Å². The van der Waals surface area contributed by atoms with E-state index in [0.717, 1.165) is 11.3 Å². The van der Waals surface area contributed by atoms with E-state index in [1.54, 1.807) is 11.8 Å². The average Bonchev–Trinajstić information content (AvgIpc) is 2.54. The standard InChI is InChI=1S/C18H24N2O2S/c1-13(19-18(22)20-17(9-10-21)12-23-2)15-8-7-14-5-3-4-6-16(14)11-15/h3-8,11,13,17,21H,9-10,12H2,1-2H3,(H2,19,20,22). The van der Waals surface area contributed by atoms with Crippen LogP contribution in [0.5, 0.6) is 0 Å². The Morgan fingerprint density at radius 2 is 1.91 bits per heavy atom. The van der Waals surface area contributed by atoms with Gasteiger partial charge in [-0.2, -0.15) is 11.8 Å². The monoisotopic (exact) mass is 332 g/mol. The molecule has 2 aromatic rings. The Morgan fingerprint density at radius 1 is 1.17 bits per heavy atom. The van der Waals surface area contributed by atoms with Gasteiger partial charge in [0.05, 0.1) is 6.04 Å². The molecule has 124 valence electrons. The zero-order chi connectivity index (χ0) is 16.7. The predicted octanol–water partition coefficient (Wildman–Crippen LogP) is 3.31. The number of carbonyl (C=O) groups is 1. The summed E-state index contributed by atoms with van der Waals surface area (Å²) in [6.45, 7) is 2.05. The lowest BCUT2D eigenvalue weighted by Crippen LogP contribution is -2.44. The normalized spacial score (nSPS) is 13.5. The molecule has 0 bridgehead atoms. The summed E-state index contributed by atoms with van der Waals surface area (Å²) in [5.74, 6) is 0.790. The first-order chi connectivity index (χ1) is 11.1. The molecule has 2 atom stereocenters. The Balaban J connectivity index is 1.98. The summed E-state index contributed by atoms with van der Waals surface area (Å²) in [5, 5.41) is 17.3. The summed E-state index contributed by atoms with van der Waals surface area (Å²) in [6.07, 6.45) is 2.56. The summed E-state index contributed by atoms with van der Waals surface area (Å²) in [7, 11) is 0. The third kappa shape index (κ3) is 5.15. The number of thioether (sulfide) groups is 1. The number of aliphatic hydroxyl groups is 1. The first-order valence-corrected chi connectivity index (χ1v) is 9.19. The van der Waals surface area contributed by atoms with Gasteiger partial charge in [-0.15, -0.1) is 0 Å². The minimum Gasteiger partial charge on any atom is -0.396 e. The number of aliphatic hydroxyl groups excluding tert-OH is 1. The van der Waals surface area contributed by atoms with Crippen molar-refractivity contribution in [2.45, 2.75) is 25.4 Å². The molecule has 0 aromatic heterocycles. The van der Waals surface area contributed by atoms with Crippen LogP contribution in [-0.4, -0.2) is 35.8 Å². The van der Waals surface area contributed by atoms with Gasteiger partial charge in [-0.05, 0) is 42.0 Å². The highest BCUT2D eigenvalue weighted by Gasteiger charge is 2.14. The summed E-state index contributed by atoms with van der Waals surface area (Å²) in [5.41, 5.74) is 1.07. The highest BCUT2D eigenvalue weighted by molar-refractivity contribution is 7.98. The predicted molar refractivity (Wildman–Crippen MR) is 97.9 cm³/mol. The fourth-order valence-electron chi connectivity index (χ4n) is 2.54. The molecular formula is C18H24N2O2S. The quantitative estimate of drug-likeness (QED) is 0.729. The molecule has 5 heteroatoms. The third-order valence-corrected chi connectivity index (χ3v) is 4.54. The molecular weight excluding hydrogens is 308 g/mol. The van der Waals surface area contributed by atoms with Crippen LogP contribution in [0.3, 0.4) is 0 Å². The summed E-state index contributed by atoms with van der Waals surface area (Å²) in [6, 6.07) is 14.1. The van der Waals surface area contributed by atoms with E-state index in [9.17, 15) is 4.79 Å². The van der Waals surface area contributed by atoms with E-state index in [4.69, 9.17) is 5.11 Å². The fraction of sp³-hybridized carbons (Fsp3) is 0.389. The zero-order valence-electron chi connectivity index (χ0n) is 13.6. The molecule has 0 saturated carbocycles. The maximum absolute atomic E-state index is 12.1. The van der Waals surface area contributed by atoms with Crippen LogP contribution in [0, 0.1) is 0 Å². The zero-order valence-corrected chi connectivity index (χ0v) is 14.4. The van der Waals surface area contributed by atoms with Crippen molar-refractivity contribution in [2.24, 2.45) is 0 Å². The minimum atomic E-state index is -0.196. The average molecular weight is 332 g/mol. The number of carbonyl (C=O) groups excluding carboxylic acids is 1. The smallest absolute Gasteiger partial charge is 0.315 e. The largest absolute Gasteiger partial charge is 0.396 e. The van der Waals surface area contributed by atoms with E-state index in [0.29, 0.717) is 6.42 Å². The Hall–Kier alpha value is -1.72. The molecule has 3 N–H and O–H groups in total. The summed E-state index contributed by atoms with van der Waals surface area (Å²) >= 11 is 1.65. The first kappa shape index (κ1) is 17.6. The van der Waals surface area contributed by atoms with Gasteiger partial charge >= 0.3 is 6.03 Å². The molecule has 0 spiro atoms. The second-order valence-corrected chi connectivity index (χ2v) is 6.52. The van der Waals surface area contributed by atoms with Crippen LogP contribution in [0.2, 0.25) is 0 Å². The maximum atomic E-state index is 12.1. The van der Waals surface area contributed by atoms with E-state index < -0.39 is 0 Å². The molecule has 0 aliphatic rings. The van der Waals surface area contributed by atoms with Crippen LogP contribution in [-0.2, 0) is 0 Å². The second-order valence-electron chi connectivity index (χ2n) is 5.61. The molecule has 2 rings (SSSR count). The van der Waals surface area contributed by atoms with E-state index in [2.05, 4.69) is 34.9 Å². The van der Waals surface area contributed by atoms with Gasteiger partial charge in [0.15, 0.2) is 0 Å². The van der Waals surface area contributed by atoms with Crippen LogP contribution < -0.4 is 10.6 Å². The third-order valence-electron chi connectivity index (χ3n) is 3.80. The van der Waals surface area contributed by atoms with Gasteiger partial charge in [0.1, 0.15) is 0 Å². The molecule has 0 heterocycles. The number of hydrogen-bond acceptors (Lipinski definition) is 3. The van der Waals surface area contributed by atoms with Crippen molar-refractivity contribution in [3.63, 3.8) is 0 Å². The molecule has 0 aliphatic carbocycles. The van der Waals surface area contributed by atoms with Crippen molar-refractivity contribution in [1.82, 2.24) is 10.6 Å². The van der Waals surface area contributed by atoms with Gasteiger partial charge in [0, 0.05) is 18.4 Å². The Bertz CT molecular complexity index is 642. The van der Waals surface area contributed by atoms with Gasteiger partial charge < -0.3 is 15.7 Å². The van der Waals surface area contributed by atoms with Gasteiger partial charge in [-0.25, -0.2) is 4.79 Å². The van der Waals surface area contributed by atoms with Crippen molar-refractivity contribution in [2.75, 3.05) is 18.6 Å². The number of nitrogens with one attached hydrogen (secondary N) is 2. The maximum Gasteiger partial charge on any atom is 0.315 e. The van der Waals surface area contributed by atoms with E-state index >= 15 is 0 Å². The summed E-state index contributed by atoms with van der Waals surface area (Å²) < 4.78 is 0. The van der Waals surface area contributed by atoms with E-state index in [-0.39, 0.29) is 24.7 Å². The van der Waals surface area contributed by atoms with Gasteiger partial charge in [-0.3, -0.25) is 0 Å². The molecule has 0 fully saturated rings. The molecule has 0 aliphatic heterocycles. The SMILES string of the molecule is CSCC(CCO)NC(=O)NC(C)c1ccc2ccccc2c1. The number of benzene rings is 2. The Morgan fingerprint density at radius 3 is 2.61 bits per heavy atom. The molecule has 0 radical (unpaired) electrons. The van der Waals surface area contributed by atoms with Gasteiger partial charge in [0.2, 0.25) is 0 Å². The van der Waals surface area contributed by atoms with Crippen LogP contribution >= 0.6 is 11.8 Å². The molecule has 2 unspecified atom stereocenters. The number of hydrogen-bond donors (Lipinski definition) is 3. The number of rotatable bonds is 7. The van der Waals surface area contributed by atoms with E-state index in [1.807, 2.05) is 31.4 Å². The van der Waals surface area contributed by atoms with Crippen molar-refractivity contribution in [3.05, 3.63) is 48.0 Å². The van der Waals surface area contributed by atoms with Gasteiger partial charge in [-0.1, -0.05) is 36.4 Å². The fourth-order valence-corrected chi connectivity index (χ4v) is 3.19. The molecule has 23 heavy (non-hydrogen) atoms. The lowest BCUT2D eigenvalue weighted by atomic mass is 10.0.